The largest absolute Gasteiger partial charge is 0.380 e. The highest BCUT2D eigenvalue weighted by atomic mass is 16.5. The molecule has 0 aliphatic rings. The van der Waals surface area contributed by atoms with Crippen LogP contribution in [0.5, 0.6) is 0 Å². The van der Waals surface area contributed by atoms with Crippen LogP contribution in [0, 0.1) is 6.92 Å². The second-order valence-electron chi connectivity index (χ2n) is 5.75. The van der Waals surface area contributed by atoms with Gasteiger partial charge in [0, 0.05) is 32.2 Å². The van der Waals surface area contributed by atoms with Crippen molar-refractivity contribution in [1.82, 2.24) is 10.6 Å². The van der Waals surface area contributed by atoms with Gasteiger partial charge in [-0.05, 0) is 25.0 Å². The maximum Gasteiger partial charge on any atom is 0.191 e. The second-order valence-corrected chi connectivity index (χ2v) is 5.75. The maximum absolute atomic E-state index is 5.31. The maximum atomic E-state index is 5.31. The molecule has 0 saturated carbocycles. The third-order valence-electron chi connectivity index (χ3n) is 3.54. The standard InChI is InChI=1S/C17H29N3O/c1-6-21-12-11-19-16(18-5)20-13-17(3,4)15-10-8-7-9-14(15)2/h7-10H,6,11-13H2,1-5H3,(H2,18,19,20). The van der Waals surface area contributed by atoms with Crippen LogP contribution in [-0.2, 0) is 10.2 Å². The molecule has 0 heterocycles. The second kappa shape index (κ2) is 8.67. The van der Waals surface area contributed by atoms with Crippen LogP contribution in [0.1, 0.15) is 31.9 Å². The Hall–Kier alpha value is -1.55. The molecule has 21 heavy (non-hydrogen) atoms. The van der Waals surface area contributed by atoms with Crippen LogP contribution in [0.3, 0.4) is 0 Å². The van der Waals surface area contributed by atoms with E-state index < -0.39 is 0 Å². The van der Waals surface area contributed by atoms with Gasteiger partial charge in [-0.3, -0.25) is 4.99 Å². The minimum Gasteiger partial charge on any atom is -0.380 e. The summed E-state index contributed by atoms with van der Waals surface area (Å²) in [4.78, 5) is 4.24. The van der Waals surface area contributed by atoms with Crippen molar-refractivity contribution in [2.24, 2.45) is 4.99 Å². The van der Waals surface area contributed by atoms with Crippen LogP contribution in [0.25, 0.3) is 0 Å². The number of rotatable bonds is 7. The van der Waals surface area contributed by atoms with Gasteiger partial charge in [0.2, 0.25) is 0 Å². The van der Waals surface area contributed by atoms with Gasteiger partial charge in [-0.15, -0.1) is 0 Å². The van der Waals surface area contributed by atoms with Crippen molar-refractivity contribution in [3.63, 3.8) is 0 Å². The van der Waals surface area contributed by atoms with Gasteiger partial charge in [0.05, 0.1) is 6.61 Å². The van der Waals surface area contributed by atoms with E-state index in [1.54, 1.807) is 7.05 Å². The number of nitrogens with zero attached hydrogens (tertiary/aromatic N) is 1. The predicted molar refractivity (Wildman–Crippen MR) is 90.1 cm³/mol. The van der Waals surface area contributed by atoms with E-state index in [0.717, 1.165) is 25.7 Å². The van der Waals surface area contributed by atoms with Gasteiger partial charge in [0.25, 0.3) is 0 Å². The van der Waals surface area contributed by atoms with Crippen molar-refractivity contribution in [3.05, 3.63) is 35.4 Å². The Labute approximate surface area is 129 Å². The van der Waals surface area contributed by atoms with Crippen molar-refractivity contribution in [2.75, 3.05) is 33.4 Å². The van der Waals surface area contributed by atoms with Crippen molar-refractivity contribution in [1.29, 1.82) is 0 Å². The zero-order valence-electron chi connectivity index (χ0n) is 14.0. The van der Waals surface area contributed by atoms with Crippen LogP contribution >= 0.6 is 0 Å². The highest BCUT2D eigenvalue weighted by molar-refractivity contribution is 5.79. The van der Waals surface area contributed by atoms with E-state index in [1.807, 2.05) is 6.92 Å². The molecular weight excluding hydrogens is 262 g/mol. The molecule has 4 nitrogen and oxygen atoms in total. The van der Waals surface area contributed by atoms with Gasteiger partial charge >= 0.3 is 0 Å². The van der Waals surface area contributed by atoms with Gasteiger partial charge in [-0.25, -0.2) is 0 Å². The van der Waals surface area contributed by atoms with Crippen molar-refractivity contribution in [3.8, 4) is 0 Å². The SMILES string of the molecule is CCOCCNC(=NC)NCC(C)(C)c1ccccc1C. The number of nitrogens with one attached hydrogen (secondary N) is 2. The molecule has 1 rings (SSSR count). The van der Waals surface area contributed by atoms with E-state index in [4.69, 9.17) is 4.74 Å². The average Bonchev–Trinajstić information content (AvgIpc) is 2.47. The third-order valence-corrected chi connectivity index (χ3v) is 3.54. The quantitative estimate of drug-likeness (QED) is 0.461. The number of hydrogen-bond donors (Lipinski definition) is 2. The van der Waals surface area contributed by atoms with Gasteiger partial charge in [0.1, 0.15) is 0 Å². The van der Waals surface area contributed by atoms with E-state index >= 15 is 0 Å². The molecule has 1 aromatic carbocycles. The number of benzene rings is 1. The first-order valence-corrected chi connectivity index (χ1v) is 7.59. The first-order valence-electron chi connectivity index (χ1n) is 7.59. The van der Waals surface area contributed by atoms with E-state index in [9.17, 15) is 0 Å². The number of hydrogen-bond acceptors (Lipinski definition) is 2. The monoisotopic (exact) mass is 291 g/mol. The van der Waals surface area contributed by atoms with Gasteiger partial charge in [0.15, 0.2) is 5.96 Å². The molecule has 0 radical (unpaired) electrons. The molecule has 0 aliphatic heterocycles. The minimum atomic E-state index is 0.0445. The van der Waals surface area contributed by atoms with Crippen molar-refractivity contribution >= 4 is 5.96 Å². The zero-order valence-corrected chi connectivity index (χ0v) is 14.0. The fourth-order valence-electron chi connectivity index (χ4n) is 2.34. The smallest absolute Gasteiger partial charge is 0.191 e. The Morgan fingerprint density at radius 1 is 1.24 bits per heavy atom. The Balaban J connectivity index is 2.53. The molecule has 0 spiro atoms. The average molecular weight is 291 g/mol. The molecule has 0 amide bonds. The Morgan fingerprint density at radius 3 is 2.57 bits per heavy atom. The van der Waals surface area contributed by atoms with Crippen molar-refractivity contribution in [2.45, 2.75) is 33.1 Å². The molecule has 118 valence electrons. The molecule has 2 N–H and O–H groups in total. The molecule has 1 aromatic rings. The van der Waals surface area contributed by atoms with E-state index in [-0.39, 0.29) is 5.41 Å². The third kappa shape index (κ3) is 5.76. The van der Waals surface area contributed by atoms with E-state index in [0.29, 0.717) is 6.61 Å². The first kappa shape index (κ1) is 17.5. The fourth-order valence-corrected chi connectivity index (χ4v) is 2.34. The molecule has 0 saturated heterocycles. The lowest BCUT2D eigenvalue weighted by Gasteiger charge is -2.28. The van der Waals surface area contributed by atoms with E-state index in [2.05, 4.69) is 60.7 Å². The number of aryl methyl sites for hydroxylation is 1. The normalized spacial score (nSPS) is 12.3. The van der Waals surface area contributed by atoms with Crippen LogP contribution in [0.2, 0.25) is 0 Å². The van der Waals surface area contributed by atoms with E-state index in [1.165, 1.54) is 11.1 Å². The lowest BCUT2D eigenvalue weighted by atomic mass is 9.82. The lowest BCUT2D eigenvalue weighted by molar-refractivity contribution is 0.152. The zero-order chi connectivity index (χ0) is 15.7. The van der Waals surface area contributed by atoms with Gasteiger partial charge in [-0.2, -0.15) is 0 Å². The number of ether oxygens (including phenoxy) is 1. The van der Waals surface area contributed by atoms with Crippen molar-refractivity contribution < 1.29 is 4.74 Å². The van der Waals surface area contributed by atoms with Crippen LogP contribution in [0.4, 0.5) is 0 Å². The Morgan fingerprint density at radius 2 is 1.95 bits per heavy atom. The summed E-state index contributed by atoms with van der Waals surface area (Å²) in [5, 5.41) is 6.65. The van der Waals surface area contributed by atoms with Crippen LogP contribution in [0.15, 0.2) is 29.3 Å². The molecular formula is C17H29N3O. The summed E-state index contributed by atoms with van der Waals surface area (Å²) in [6.45, 7) is 11.7. The molecule has 0 fully saturated rings. The fraction of sp³-hybridized carbons (Fsp3) is 0.588. The molecule has 0 aliphatic carbocycles. The van der Waals surface area contributed by atoms with Gasteiger partial charge < -0.3 is 15.4 Å². The highest BCUT2D eigenvalue weighted by Crippen LogP contribution is 2.25. The number of aliphatic imine (C=N–C) groups is 1. The molecule has 0 unspecified atom stereocenters. The molecule has 0 aromatic heterocycles. The summed E-state index contributed by atoms with van der Waals surface area (Å²) >= 11 is 0. The summed E-state index contributed by atoms with van der Waals surface area (Å²) in [5.41, 5.74) is 2.73. The Kier molecular flexibility index (Phi) is 7.23. The molecule has 0 bridgehead atoms. The number of guanidine groups is 1. The summed E-state index contributed by atoms with van der Waals surface area (Å²) in [7, 11) is 1.79. The molecule has 4 heteroatoms. The summed E-state index contributed by atoms with van der Waals surface area (Å²) in [6.07, 6.45) is 0. The highest BCUT2D eigenvalue weighted by Gasteiger charge is 2.22. The van der Waals surface area contributed by atoms with Crippen LogP contribution in [-0.4, -0.2) is 39.3 Å². The first-order chi connectivity index (χ1) is 10.0. The summed E-state index contributed by atoms with van der Waals surface area (Å²) in [5.74, 6) is 0.816. The van der Waals surface area contributed by atoms with Gasteiger partial charge in [-0.1, -0.05) is 38.1 Å². The minimum absolute atomic E-state index is 0.0445. The summed E-state index contributed by atoms with van der Waals surface area (Å²) in [6, 6.07) is 8.53. The topological polar surface area (TPSA) is 45.6 Å². The Bertz CT molecular complexity index is 455. The predicted octanol–water partition coefficient (Wildman–Crippen LogP) is 2.47. The van der Waals surface area contributed by atoms with Crippen LogP contribution < -0.4 is 10.6 Å². The molecule has 0 atom stereocenters. The lowest BCUT2D eigenvalue weighted by Crippen LogP contribution is -2.44. The summed E-state index contributed by atoms with van der Waals surface area (Å²) < 4.78 is 5.31.